The summed E-state index contributed by atoms with van der Waals surface area (Å²) in [6.07, 6.45) is 17.3. The molecule has 2 fully saturated rings. The number of allylic oxidation sites excluding steroid dienone is 2. The Morgan fingerprint density at radius 1 is 0.800 bits per heavy atom. The van der Waals surface area contributed by atoms with Crippen molar-refractivity contribution in [2.24, 2.45) is 23.7 Å². The minimum Gasteiger partial charge on any atom is -0.399 e. The van der Waals surface area contributed by atoms with E-state index in [-0.39, 0.29) is 0 Å². The average molecular weight is 501 g/mol. The van der Waals surface area contributed by atoms with Gasteiger partial charge < -0.3 is 4.74 Å². The smallest absolute Gasteiger partial charge is 0.399 e. The van der Waals surface area contributed by atoms with Gasteiger partial charge in [-0.15, -0.1) is 13.2 Å². The third-order valence-corrected chi connectivity index (χ3v) is 8.17. The molecule has 35 heavy (non-hydrogen) atoms. The van der Waals surface area contributed by atoms with Crippen LogP contribution in [-0.4, -0.2) is 6.36 Å². The van der Waals surface area contributed by atoms with E-state index in [1.807, 2.05) is 0 Å². The van der Waals surface area contributed by atoms with Crippen molar-refractivity contribution in [2.45, 2.75) is 110 Å². The summed E-state index contributed by atoms with van der Waals surface area (Å²) in [5.41, 5.74) is 0.385. The molecule has 0 bridgehead atoms. The van der Waals surface area contributed by atoms with Crippen molar-refractivity contribution in [3.63, 3.8) is 0 Å². The topological polar surface area (TPSA) is 9.23 Å². The highest BCUT2D eigenvalue weighted by atomic mass is 19.4. The van der Waals surface area contributed by atoms with Crippen molar-refractivity contribution < 1.29 is 26.7 Å². The molecule has 2 aliphatic carbocycles. The molecule has 0 heterocycles. The van der Waals surface area contributed by atoms with Crippen LogP contribution in [-0.2, 0) is 6.42 Å². The van der Waals surface area contributed by atoms with E-state index in [1.54, 1.807) is 0 Å². The molecule has 1 aromatic rings. The van der Waals surface area contributed by atoms with Gasteiger partial charge in [-0.05, 0) is 99.2 Å². The lowest BCUT2D eigenvalue weighted by atomic mass is 9.68. The first-order valence-electron chi connectivity index (χ1n) is 13.6. The Morgan fingerprint density at radius 2 is 1.31 bits per heavy atom. The number of benzene rings is 1. The average Bonchev–Trinajstić information content (AvgIpc) is 2.82. The fourth-order valence-electron chi connectivity index (χ4n) is 6.16. The summed E-state index contributed by atoms with van der Waals surface area (Å²) in [5.74, 6) is -0.912. The van der Waals surface area contributed by atoms with Crippen LogP contribution < -0.4 is 4.74 Å². The zero-order valence-electron chi connectivity index (χ0n) is 21.0. The molecule has 0 radical (unpaired) electrons. The van der Waals surface area contributed by atoms with Crippen LogP contribution in [0.5, 0.6) is 5.75 Å². The second kappa shape index (κ2) is 13.6. The van der Waals surface area contributed by atoms with Gasteiger partial charge in [0.2, 0.25) is 5.75 Å². The first-order chi connectivity index (χ1) is 16.7. The zero-order chi connectivity index (χ0) is 25.3. The van der Waals surface area contributed by atoms with Gasteiger partial charge in [-0.3, -0.25) is 0 Å². The summed E-state index contributed by atoms with van der Waals surface area (Å²) in [4.78, 5) is 0. The Balaban J connectivity index is 1.34. The number of rotatable bonds is 11. The molecule has 0 N–H and O–H groups in total. The van der Waals surface area contributed by atoms with Gasteiger partial charge >= 0.3 is 6.36 Å². The summed E-state index contributed by atoms with van der Waals surface area (Å²) in [7, 11) is 0. The lowest BCUT2D eigenvalue weighted by Crippen LogP contribution is -2.26. The van der Waals surface area contributed by atoms with Gasteiger partial charge in [-0.25, -0.2) is 8.78 Å². The van der Waals surface area contributed by atoms with Gasteiger partial charge in [-0.1, -0.05) is 57.6 Å². The van der Waals surface area contributed by atoms with E-state index >= 15 is 0 Å². The fraction of sp³-hybridized carbons (Fsp3) is 0.724. The van der Waals surface area contributed by atoms with E-state index in [4.69, 9.17) is 0 Å². The molecule has 0 amide bonds. The largest absolute Gasteiger partial charge is 0.573 e. The first-order valence-corrected chi connectivity index (χ1v) is 13.6. The van der Waals surface area contributed by atoms with Crippen LogP contribution in [0.25, 0.3) is 0 Å². The van der Waals surface area contributed by atoms with Gasteiger partial charge in [0.05, 0.1) is 0 Å². The molecule has 0 saturated heterocycles. The molecule has 3 rings (SSSR count). The van der Waals surface area contributed by atoms with Crippen LogP contribution in [0, 0.1) is 35.3 Å². The lowest BCUT2D eigenvalue weighted by Gasteiger charge is -2.38. The van der Waals surface area contributed by atoms with Crippen LogP contribution in [0.15, 0.2) is 24.3 Å². The van der Waals surface area contributed by atoms with Crippen LogP contribution in [0.2, 0.25) is 0 Å². The Morgan fingerprint density at radius 3 is 1.83 bits per heavy atom. The van der Waals surface area contributed by atoms with Crippen molar-refractivity contribution in [1.82, 2.24) is 0 Å². The second-order valence-corrected chi connectivity index (χ2v) is 10.7. The fourth-order valence-corrected chi connectivity index (χ4v) is 6.16. The molecule has 198 valence electrons. The summed E-state index contributed by atoms with van der Waals surface area (Å²) < 4.78 is 68.3. The maximum atomic E-state index is 14.0. The summed E-state index contributed by atoms with van der Waals surface area (Å²) in [6.45, 7) is 2.21. The van der Waals surface area contributed by atoms with Crippen molar-refractivity contribution in [3.05, 3.63) is 41.5 Å². The standard InChI is InChI=1S/C29H41F5O/c1-2-3-4-5-6-7-8-21-11-15-24(16-12-21)25-17-13-22(14-18-25)9-10-23-19-26(30)28(27(31)20-23)35-29(32,33)34/h4-5,19-22,24-25H,2-3,6-18H2,1H3/b5-4+. The quantitative estimate of drug-likeness (QED) is 0.167. The predicted octanol–water partition coefficient (Wildman–Crippen LogP) is 9.94. The van der Waals surface area contributed by atoms with Gasteiger partial charge in [0.1, 0.15) is 0 Å². The number of unbranched alkanes of at least 4 members (excludes halogenated alkanes) is 2. The molecule has 0 unspecified atom stereocenters. The van der Waals surface area contributed by atoms with E-state index < -0.39 is 23.7 Å². The van der Waals surface area contributed by atoms with Crippen LogP contribution >= 0.6 is 0 Å². The maximum Gasteiger partial charge on any atom is 0.573 e. The summed E-state index contributed by atoms with van der Waals surface area (Å²) >= 11 is 0. The van der Waals surface area contributed by atoms with Gasteiger partial charge in [0.15, 0.2) is 11.6 Å². The third-order valence-electron chi connectivity index (χ3n) is 8.17. The van der Waals surface area contributed by atoms with Crippen molar-refractivity contribution in [1.29, 1.82) is 0 Å². The second-order valence-electron chi connectivity index (χ2n) is 10.7. The SMILES string of the molecule is CCC/C=C/CCCC1CCC(C2CCC(CCc3cc(F)c(OC(F)(F)F)c(F)c3)CC2)CC1. The van der Waals surface area contributed by atoms with Crippen LogP contribution in [0.1, 0.15) is 102 Å². The molecule has 6 heteroatoms. The highest BCUT2D eigenvalue weighted by Crippen LogP contribution is 2.43. The molecule has 1 aromatic carbocycles. The maximum absolute atomic E-state index is 14.0. The molecule has 1 nitrogen and oxygen atoms in total. The number of hydrogen-bond acceptors (Lipinski definition) is 1. The van der Waals surface area contributed by atoms with Crippen molar-refractivity contribution in [3.8, 4) is 5.75 Å². The first kappa shape index (κ1) is 28.0. The number of hydrogen-bond donors (Lipinski definition) is 0. The molecule has 0 aromatic heterocycles. The van der Waals surface area contributed by atoms with E-state index in [1.165, 1.54) is 70.6 Å². The minimum absolute atomic E-state index is 0.385. The number of ether oxygens (including phenoxy) is 1. The zero-order valence-corrected chi connectivity index (χ0v) is 21.0. The monoisotopic (exact) mass is 500 g/mol. The predicted molar refractivity (Wildman–Crippen MR) is 130 cm³/mol. The van der Waals surface area contributed by atoms with E-state index in [9.17, 15) is 22.0 Å². The molecule has 0 spiro atoms. The van der Waals surface area contributed by atoms with E-state index in [2.05, 4.69) is 23.8 Å². The van der Waals surface area contributed by atoms with Gasteiger partial charge in [-0.2, -0.15) is 0 Å². The van der Waals surface area contributed by atoms with Crippen molar-refractivity contribution >= 4 is 0 Å². The third kappa shape index (κ3) is 9.42. The van der Waals surface area contributed by atoms with Gasteiger partial charge in [0.25, 0.3) is 0 Å². The highest BCUT2D eigenvalue weighted by molar-refractivity contribution is 5.31. The molecular formula is C29H41F5O. The number of alkyl halides is 3. The Kier molecular flexibility index (Phi) is 10.9. The molecule has 0 aliphatic heterocycles. The molecule has 2 aliphatic rings. The summed E-state index contributed by atoms with van der Waals surface area (Å²) in [5, 5.41) is 0. The summed E-state index contributed by atoms with van der Waals surface area (Å²) in [6, 6.07) is 1.94. The number of aryl methyl sites for hydroxylation is 1. The Labute approximate surface area is 207 Å². The van der Waals surface area contributed by atoms with Crippen LogP contribution in [0.4, 0.5) is 22.0 Å². The van der Waals surface area contributed by atoms with Crippen LogP contribution in [0.3, 0.4) is 0 Å². The molecule has 2 saturated carbocycles. The highest BCUT2D eigenvalue weighted by Gasteiger charge is 2.34. The number of halogens is 5. The Bertz CT molecular complexity index is 764. The van der Waals surface area contributed by atoms with Crippen molar-refractivity contribution in [2.75, 3.05) is 0 Å². The molecular weight excluding hydrogens is 459 g/mol. The van der Waals surface area contributed by atoms with Gasteiger partial charge in [0, 0.05) is 0 Å². The molecule has 0 atom stereocenters. The van der Waals surface area contributed by atoms with E-state index in [0.717, 1.165) is 49.1 Å². The Hall–Kier alpha value is -1.59. The lowest BCUT2D eigenvalue weighted by molar-refractivity contribution is -0.276. The van der Waals surface area contributed by atoms with E-state index in [0.29, 0.717) is 17.9 Å². The minimum atomic E-state index is -5.12. The normalized spacial score (nSPS) is 25.8.